The Labute approximate surface area is 163 Å². The molecule has 1 saturated heterocycles. The van der Waals surface area contributed by atoms with E-state index < -0.39 is 0 Å². The number of amides is 2. The molecule has 1 aromatic rings. The molecule has 0 bridgehead atoms. The van der Waals surface area contributed by atoms with Gasteiger partial charge in [-0.05, 0) is 37.7 Å². The molecule has 1 unspecified atom stereocenters. The van der Waals surface area contributed by atoms with E-state index in [-0.39, 0.29) is 12.1 Å². The van der Waals surface area contributed by atoms with Gasteiger partial charge in [0.05, 0.1) is 6.10 Å². The Kier molecular flexibility index (Phi) is 6.30. The normalized spacial score (nSPS) is 24.5. The first kappa shape index (κ1) is 18.8. The van der Waals surface area contributed by atoms with Crippen molar-refractivity contribution in [2.24, 2.45) is 0 Å². The largest absolute Gasteiger partial charge is 0.375 e. The molecule has 4 rings (SSSR count). The molecule has 0 spiro atoms. The summed E-state index contributed by atoms with van der Waals surface area (Å²) in [7, 11) is 0. The smallest absolute Gasteiger partial charge is 0.317 e. The molecule has 2 amide bonds. The molecule has 148 valence electrons. The monoisotopic (exact) mass is 371 g/mol. The molecule has 1 heterocycles. The topological polar surface area (TPSA) is 44.8 Å². The standard InChI is InChI=1S/C22H33N3O2/c26-22(25(20-11-12-20)19-9-4-5-10-19)23-15-21-17-24(13-6-14-27-21)16-18-7-2-1-3-8-18/h1-3,7-8,19-21H,4-6,9-17H2,(H,23,26). The van der Waals surface area contributed by atoms with Gasteiger partial charge in [0.25, 0.3) is 0 Å². The average molecular weight is 372 g/mol. The van der Waals surface area contributed by atoms with E-state index in [4.69, 9.17) is 4.74 Å². The van der Waals surface area contributed by atoms with Crippen molar-refractivity contribution in [2.45, 2.75) is 69.7 Å². The Hall–Kier alpha value is -1.59. The predicted octanol–water partition coefficient (Wildman–Crippen LogP) is 3.39. The van der Waals surface area contributed by atoms with Crippen molar-refractivity contribution < 1.29 is 9.53 Å². The third kappa shape index (κ3) is 5.23. The van der Waals surface area contributed by atoms with Gasteiger partial charge in [0, 0.05) is 44.9 Å². The fraction of sp³-hybridized carbons (Fsp3) is 0.682. The van der Waals surface area contributed by atoms with E-state index in [0.29, 0.717) is 18.6 Å². The third-order valence-electron chi connectivity index (χ3n) is 6.06. The summed E-state index contributed by atoms with van der Waals surface area (Å²) in [5.74, 6) is 0. The average Bonchev–Trinajstić information content (AvgIpc) is 3.42. The Morgan fingerprint density at radius 1 is 1.07 bits per heavy atom. The van der Waals surface area contributed by atoms with E-state index in [0.717, 1.165) is 32.7 Å². The van der Waals surface area contributed by atoms with Gasteiger partial charge < -0.3 is 15.0 Å². The minimum Gasteiger partial charge on any atom is -0.375 e. The summed E-state index contributed by atoms with van der Waals surface area (Å²) in [6.07, 6.45) is 8.35. The SMILES string of the molecule is O=C(NCC1CN(Cc2ccccc2)CCCO1)N(C1CCCC1)C1CC1. The fourth-order valence-corrected chi connectivity index (χ4v) is 4.54. The number of hydrogen-bond acceptors (Lipinski definition) is 3. The lowest BCUT2D eigenvalue weighted by molar-refractivity contribution is 0.0532. The second-order valence-corrected chi connectivity index (χ2v) is 8.33. The summed E-state index contributed by atoms with van der Waals surface area (Å²) in [5, 5.41) is 3.20. The van der Waals surface area contributed by atoms with Crippen LogP contribution >= 0.6 is 0 Å². The van der Waals surface area contributed by atoms with Crippen molar-refractivity contribution in [3.63, 3.8) is 0 Å². The van der Waals surface area contributed by atoms with Crippen LogP contribution in [0.25, 0.3) is 0 Å². The summed E-state index contributed by atoms with van der Waals surface area (Å²) < 4.78 is 6.03. The molecule has 1 aromatic carbocycles. The number of hydrogen-bond donors (Lipinski definition) is 1. The predicted molar refractivity (Wildman–Crippen MR) is 107 cm³/mol. The highest BCUT2D eigenvalue weighted by atomic mass is 16.5. The van der Waals surface area contributed by atoms with Crippen LogP contribution < -0.4 is 5.32 Å². The van der Waals surface area contributed by atoms with Gasteiger partial charge in [0.1, 0.15) is 0 Å². The van der Waals surface area contributed by atoms with Gasteiger partial charge in [-0.3, -0.25) is 4.90 Å². The molecule has 0 aromatic heterocycles. The van der Waals surface area contributed by atoms with Crippen molar-refractivity contribution in [1.82, 2.24) is 15.1 Å². The van der Waals surface area contributed by atoms with E-state index in [2.05, 4.69) is 45.4 Å². The zero-order chi connectivity index (χ0) is 18.5. The maximum Gasteiger partial charge on any atom is 0.317 e. The fourth-order valence-electron chi connectivity index (χ4n) is 4.54. The first-order chi connectivity index (χ1) is 13.3. The minimum absolute atomic E-state index is 0.0739. The van der Waals surface area contributed by atoms with Crippen molar-refractivity contribution in [2.75, 3.05) is 26.2 Å². The van der Waals surface area contributed by atoms with E-state index >= 15 is 0 Å². The second kappa shape index (κ2) is 9.07. The molecule has 2 saturated carbocycles. The number of carbonyl (C=O) groups is 1. The first-order valence-electron chi connectivity index (χ1n) is 10.7. The minimum atomic E-state index is 0.0739. The van der Waals surface area contributed by atoms with Crippen LogP contribution in [0.5, 0.6) is 0 Å². The summed E-state index contributed by atoms with van der Waals surface area (Å²) in [5.41, 5.74) is 1.34. The van der Waals surface area contributed by atoms with Crippen LogP contribution in [0.15, 0.2) is 30.3 Å². The Morgan fingerprint density at radius 2 is 1.81 bits per heavy atom. The lowest BCUT2D eigenvalue weighted by atomic mass is 10.2. The zero-order valence-corrected chi connectivity index (χ0v) is 16.3. The van der Waals surface area contributed by atoms with Crippen LogP contribution in [-0.4, -0.2) is 60.3 Å². The molecule has 0 radical (unpaired) electrons. The lowest BCUT2D eigenvalue weighted by Gasteiger charge is -2.30. The van der Waals surface area contributed by atoms with Crippen molar-refractivity contribution in [1.29, 1.82) is 0 Å². The van der Waals surface area contributed by atoms with E-state index in [1.165, 1.54) is 44.1 Å². The van der Waals surface area contributed by atoms with Crippen molar-refractivity contribution in [3.8, 4) is 0 Å². The van der Waals surface area contributed by atoms with Gasteiger partial charge in [-0.15, -0.1) is 0 Å². The molecular formula is C22H33N3O2. The summed E-state index contributed by atoms with van der Waals surface area (Å²) in [4.78, 5) is 17.5. The molecule has 5 nitrogen and oxygen atoms in total. The number of nitrogens with zero attached hydrogens (tertiary/aromatic N) is 2. The van der Waals surface area contributed by atoms with Crippen LogP contribution in [0.3, 0.4) is 0 Å². The third-order valence-corrected chi connectivity index (χ3v) is 6.06. The van der Waals surface area contributed by atoms with E-state index in [1.54, 1.807) is 0 Å². The molecule has 27 heavy (non-hydrogen) atoms. The Balaban J connectivity index is 1.29. The van der Waals surface area contributed by atoms with Gasteiger partial charge in [-0.25, -0.2) is 4.79 Å². The van der Waals surface area contributed by atoms with Gasteiger partial charge >= 0.3 is 6.03 Å². The quantitative estimate of drug-likeness (QED) is 0.834. The van der Waals surface area contributed by atoms with E-state index in [9.17, 15) is 4.79 Å². The summed E-state index contributed by atoms with van der Waals surface area (Å²) in [6.45, 7) is 4.27. The number of carbonyl (C=O) groups excluding carboxylic acids is 1. The van der Waals surface area contributed by atoms with Crippen LogP contribution in [0.2, 0.25) is 0 Å². The van der Waals surface area contributed by atoms with Crippen LogP contribution in [0.4, 0.5) is 4.79 Å². The summed E-state index contributed by atoms with van der Waals surface area (Å²) >= 11 is 0. The van der Waals surface area contributed by atoms with Crippen molar-refractivity contribution >= 4 is 6.03 Å². The highest BCUT2D eigenvalue weighted by molar-refractivity contribution is 5.75. The van der Waals surface area contributed by atoms with Crippen molar-refractivity contribution in [3.05, 3.63) is 35.9 Å². The van der Waals surface area contributed by atoms with Gasteiger partial charge in [0.15, 0.2) is 0 Å². The van der Waals surface area contributed by atoms with E-state index in [1.807, 2.05) is 0 Å². The number of rotatable bonds is 6. The number of nitrogens with one attached hydrogen (secondary N) is 1. The van der Waals surface area contributed by atoms with Crippen LogP contribution in [0, 0.1) is 0 Å². The Morgan fingerprint density at radius 3 is 2.56 bits per heavy atom. The van der Waals surface area contributed by atoms with Gasteiger partial charge in [-0.1, -0.05) is 43.2 Å². The molecule has 1 aliphatic heterocycles. The zero-order valence-electron chi connectivity index (χ0n) is 16.3. The highest BCUT2D eigenvalue weighted by Crippen LogP contribution is 2.34. The van der Waals surface area contributed by atoms with Gasteiger partial charge in [0.2, 0.25) is 0 Å². The molecule has 3 aliphatic rings. The second-order valence-electron chi connectivity index (χ2n) is 8.33. The lowest BCUT2D eigenvalue weighted by Crippen LogP contribution is -2.49. The molecule has 1 N–H and O–H groups in total. The number of ether oxygens (including phenoxy) is 1. The molecule has 3 fully saturated rings. The number of urea groups is 1. The Bertz CT molecular complexity index is 599. The molecule has 2 aliphatic carbocycles. The molecular weight excluding hydrogens is 338 g/mol. The molecule has 1 atom stereocenters. The van der Waals surface area contributed by atoms with Crippen LogP contribution in [0.1, 0.15) is 50.5 Å². The maximum atomic E-state index is 12.9. The summed E-state index contributed by atoms with van der Waals surface area (Å²) in [6, 6.07) is 11.7. The number of benzene rings is 1. The maximum absolute atomic E-state index is 12.9. The highest BCUT2D eigenvalue weighted by Gasteiger charge is 2.38. The van der Waals surface area contributed by atoms with Gasteiger partial charge in [-0.2, -0.15) is 0 Å². The molecule has 5 heteroatoms. The van der Waals surface area contributed by atoms with Crippen LogP contribution in [-0.2, 0) is 11.3 Å². The first-order valence-corrected chi connectivity index (χ1v) is 10.7.